The third kappa shape index (κ3) is 29.1. The molecule has 10 heterocycles. The molecule has 0 radical (unpaired) electrons. The molecule has 3 aromatic carbocycles. The van der Waals surface area contributed by atoms with Crippen LogP contribution in [-0.2, 0) is 18.9 Å². The molecule has 5 aliphatic heterocycles. The fraction of sp³-hybridized carbons (Fsp3) is 0.397. The molecule has 0 atom stereocenters. The summed E-state index contributed by atoms with van der Waals surface area (Å²) < 4.78 is 25.6. The molecule has 0 spiro atoms. The van der Waals surface area contributed by atoms with Crippen molar-refractivity contribution in [1.82, 2.24) is 49.8 Å². The molecule has 5 aromatic heterocycles. The topological polar surface area (TPSA) is 235 Å². The van der Waals surface area contributed by atoms with Crippen molar-refractivity contribution >= 4 is 136 Å². The van der Waals surface area contributed by atoms with Gasteiger partial charge in [0.05, 0.1) is 27.2 Å². The summed E-state index contributed by atoms with van der Waals surface area (Å²) in [6.45, 7) is 30.3. The minimum atomic E-state index is -1.34. The molecule has 3 N–H and O–H groups in total. The Morgan fingerprint density at radius 1 is 0.400 bits per heavy atom. The first-order valence-corrected chi connectivity index (χ1v) is 38.7. The lowest BCUT2D eigenvalue weighted by molar-refractivity contribution is 0.00689. The highest BCUT2D eigenvalue weighted by atomic mass is 127. The number of rotatable bonds is 7. The van der Waals surface area contributed by atoms with E-state index in [1.165, 1.54) is 16.8 Å². The van der Waals surface area contributed by atoms with Crippen LogP contribution in [0.15, 0.2) is 201 Å². The van der Waals surface area contributed by atoms with E-state index in [1.807, 2.05) is 174 Å². The minimum absolute atomic E-state index is 0. The molecule has 5 saturated heterocycles. The van der Waals surface area contributed by atoms with Gasteiger partial charge in [0, 0.05) is 144 Å². The van der Waals surface area contributed by atoms with Crippen molar-refractivity contribution < 1.29 is 48.2 Å². The number of aromatic nitrogens is 5. The number of halogens is 6. The highest BCUT2D eigenvalue weighted by Crippen LogP contribution is 2.36. The van der Waals surface area contributed by atoms with E-state index in [0.29, 0.717) is 66.4 Å². The first-order chi connectivity index (χ1) is 49.1. The lowest BCUT2D eigenvalue weighted by Crippen LogP contribution is -2.52. The summed E-state index contributed by atoms with van der Waals surface area (Å²) in [5.74, 6) is 1.44. The second kappa shape index (κ2) is 41.1. The van der Waals surface area contributed by atoms with Crippen LogP contribution in [0.2, 0.25) is 0 Å². The quantitative estimate of drug-likeness (QED) is 0.0442. The molecule has 5 aliphatic rings. The SMILES string of the molecule is Brc1cccnc1Br.CC(C)(C)OC(=O)N1CC(I)C1.CC(C)(C)OC(=O)N1CC(c2ncccc2-c2ccccc2)C1.CC(C)(C)OC(=O)N1CC(c2ncccc2Br)C1.CC(C)(C)OC(=O)N1CC(c2ncccc2Br)C1.Cl.OB(O)c1ccccc1.c1ccc(-c2cccnc2C2CNC2)cc1. The van der Waals surface area contributed by atoms with E-state index >= 15 is 0 Å². The zero-order chi connectivity index (χ0) is 75.9. The van der Waals surface area contributed by atoms with Gasteiger partial charge in [-0.3, -0.25) is 19.9 Å². The van der Waals surface area contributed by atoms with Crippen molar-refractivity contribution in [3.05, 3.63) is 223 Å². The van der Waals surface area contributed by atoms with E-state index in [1.54, 1.807) is 62.5 Å². The van der Waals surface area contributed by atoms with Crippen LogP contribution in [0.25, 0.3) is 22.3 Å². The number of likely N-dealkylation sites (tertiary alicyclic amines) is 4. The second-order valence-corrected chi connectivity index (χ2v) is 34.1. The van der Waals surface area contributed by atoms with Gasteiger partial charge in [-0.05, 0) is 212 Å². The predicted octanol–water partition coefficient (Wildman–Crippen LogP) is 17.3. The lowest BCUT2D eigenvalue weighted by Gasteiger charge is -2.40. The van der Waals surface area contributed by atoms with Crippen molar-refractivity contribution in [2.24, 2.45) is 0 Å². The molecule has 8 aromatic rings. The number of carbonyl (C=O) groups is 4. The summed E-state index contributed by atoms with van der Waals surface area (Å²) in [7, 11) is -1.34. The first-order valence-electron chi connectivity index (χ1n) is 34.3. The first kappa shape index (κ1) is 87.3. The number of benzene rings is 3. The van der Waals surface area contributed by atoms with Gasteiger partial charge in [-0.1, -0.05) is 126 Å². The summed E-state index contributed by atoms with van der Waals surface area (Å²) in [5.41, 5.74) is 7.97. The van der Waals surface area contributed by atoms with Crippen LogP contribution < -0.4 is 10.8 Å². The molecule has 4 amide bonds. The summed E-state index contributed by atoms with van der Waals surface area (Å²) in [6.07, 6.45) is 8.07. The van der Waals surface area contributed by atoms with E-state index < -0.39 is 23.9 Å². The van der Waals surface area contributed by atoms with Gasteiger partial charge in [0.2, 0.25) is 0 Å². The van der Waals surface area contributed by atoms with Gasteiger partial charge in [-0.25, -0.2) is 24.2 Å². The summed E-state index contributed by atoms with van der Waals surface area (Å²) >= 11 is 15.8. The average Bonchev–Trinajstić information content (AvgIpc) is 0.812. The number of hydrogen-bond donors (Lipinski definition) is 3. The number of hydrogen-bond acceptors (Lipinski definition) is 16. The molecule has 105 heavy (non-hydrogen) atoms. The number of nitrogens with one attached hydrogen (secondary N) is 1. The Balaban J connectivity index is 0.000000196. The maximum Gasteiger partial charge on any atom is 0.488 e. The Kier molecular flexibility index (Phi) is 34.2. The van der Waals surface area contributed by atoms with E-state index in [9.17, 15) is 19.2 Å². The standard InChI is InChI=1S/C19H22N2O2.C14H14N2.2C13H17BrN2O2.C8H14INO2.C6H7BO2.C5H3Br2N.ClH/c1-19(2,3)23-18(22)21-12-15(13-21)17-16(10-7-11-20-17)14-8-5-4-6-9-14;1-2-5-11(6-3-1)13-7-4-8-16-14(13)12-9-15-10-12;2*1-13(2,3)18-12(17)16-7-9(8-16)11-10(14)5-4-6-15-11;1-8(2,3)12-7(11)10-4-6(9)5-10;8-7(9)6-4-2-1-3-5-6;6-4-2-1-3-8-5(4)7;/h4-11,15H,12-13H2,1-3H3;1-8,12,15H,9-10H2;2*4-6,9H,7-8H2,1-3H3;6H,4-5H2,1-3H3;1-5,8-9H;1-3H;1H. The number of carbonyl (C=O) groups excluding carboxylic acids is 4. The van der Waals surface area contributed by atoms with Crippen LogP contribution in [0, 0.1) is 0 Å². The van der Waals surface area contributed by atoms with Crippen LogP contribution in [0.5, 0.6) is 0 Å². The summed E-state index contributed by atoms with van der Waals surface area (Å²) in [4.78, 5) is 75.5. The van der Waals surface area contributed by atoms with Crippen molar-refractivity contribution in [2.45, 2.75) is 133 Å². The fourth-order valence-electron chi connectivity index (χ4n) is 10.4. The third-order valence-corrected chi connectivity index (χ3v) is 19.6. The molecular weight excluding hydrogens is 1730 g/mol. The maximum absolute atomic E-state index is 12.1. The molecule has 562 valence electrons. The maximum atomic E-state index is 12.1. The van der Waals surface area contributed by atoms with Gasteiger partial charge in [-0.15, -0.1) is 12.4 Å². The van der Waals surface area contributed by atoms with Crippen LogP contribution in [0.1, 0.15) is 130 Å². The summed E-state index contributed by atoms with van der Waals surface area (Å²) in [6, 6.07) is 49.1. The van der Waals surface area contributed by atoms with E-state index in [4.69, 9.17) is 29.0 Å². The van der Waals surface area contributed by atoms with Crippen molar-refractivity contribution in [2.75, 3.05) is 65.4 Å². The largest absolute Gasteiger partial charge is 0.488 e. The number of pyridine rings is 5. The molecule has 0 bridgehead atoms. The van der Waals surface area contributed by atoms with Crippen LogP contribution in [0.4, 0.5) is 19.2 Å². The zero-order valence-corrected chi connectivity index (χ0v) is 70.7. The highest BCUT2D eigenvalue weighted by molar-refractivity contribution is 14.1. The van der Waals surface area contributed by atoms with E-state index in [-0.39, 0.29) is 48.3 Å². The Bertz CT molecular complexity index is 3920. The minimum Gasteiger partial charge on any atom is -0.444 e. The molecule has 5 fully saturated rings. The number of nitrogens with zero attached hydrogens (tertiary/aromatic N) is 9. The Labute approximate surface area is 672 Å². The van der Waals surface area contributed by atoms with Crippen molar-refractivity contribution in [3.63, 3.8) is 0 Å². The van der Waals surface area contributed by atoms with Crippen LogP contribution >= 0.6 is 98.7 Å². The Morgan fingerprint density at radius 2 is 0.686 bits per heavy atom. The average molecular weight is 1830 g/mol. The normalized spacial score (nSPS) is 15.0. The van der Waals surface area contributed by atoms with Gasteiger partial charge >= 0.3 is 31.5 Å². The van der Waals surface area contributed by atoms with Gasteiger partial charge in [0.25, 0.3) is 0 Å². The Morgan fingerprint density at radius 3 is 0.952 bits per heavy atom. The molecule has 27 heteroatoms. The summed E-state index contributed by atoms with van der Waals surface area (Å²) in [5, 5.41) is 20.5. The molecule has 13 rings (SSSR count). The monoisotopic (exact) mass is 1820 g/mol. The smallest absolute Gasteiger partial charge is 0.444 e. The van der Waals surface area contributed by atoms with E-state index in [2.05, 4.69) is 165 Å². The van der Waals surface area contributed by atoms with Gasteiger partial charge < -0.3 is 53.9 Å². The second-order valence-electron chi connectivity index (χ2n) is 29.0. The third-order valence-electron chi connectivity index (χ3n) is 15.6. The van der Waals surface area contributed by atoms with E-state index in [0.717, 1.165) is 72.4 Å². The lowest BCUT2D eigenvalue weighted by atomic mass is 9.81. The number of amides is 4. The molecule has 20 nitrogen and oxygen atoms in total. The van der Waals surface area contributed by atoms with Crippen LogP contribution in [0.3, 0.4) is 0 Å². The number of alkyl halides is 1. The number of ether oxygens (including phenoxy) is 4. The molecule has 0 aliphatic carbocycles. The van der Waals surface area contributed by atoms with Crippen molar-refractivity contribution in [1.29, 1.82) is 0 Å². The predicted molar refractivity (Wildman–Crippen MR) is 439 cm³/mol. The molecular formula is C78H95BBr4ClIN10O10. The van der Waals surface area contributed by atoms with Gasteiger partial charge in [0.1, 0.15) is 27.0 Å². The molecule has 0 saturated carbocycles. The van der Waals surface area contributed by atoms with Crippen molar-refractivity contribution in [3.8, 4) is 22.3 Å². The van der Waals surface area contributed by atoms with Gasteiger partial charge in [0.15, 0.2) is 0 Å². The zero-order valence-electron chi connectivity index (χ0n) is 61.3. The Hall–Kier alpha value is -6.63. The van der Waals surface area contributed by atoms with Gasteiger partial charge in [-0.2, -0.15) is 0 Å². The highest BCUT2D eigenvalue weighted by Gasteiger charge is 2.39. The molecule has 0 unspecified atom stereocenters. The fourth-order valence-corrected chi connectivity index (χ4v) is 13.0. The van der Waals surface area contributed by atoms with Crippen LogP contribution in [-0.4, -0.2) is 178 Å².